The Labute approximate surface area is 63.0 Å². The molecule has 4 atom stereocenters. The van der Waals surface area contributed by atoms with Crippen LogP contribution in [-0.2, 0) is 0 Å². The molecular weight excluding hydrogens is 120 g/mol. The molecule has 56 valence electrons. The Kier molecular flexibility index (Phi) is 0.810. The van der Waals surface area contributed by atoms with Crippen LogP contribution >= 0.6 is 0 Å². The summed E-state index contributed by atoms with van der Waals surface area (Å²) in [5.41, 5.74) is 0.896. The van der Waals surface area contributed by atoms with Crippen LogP contribution in [0.3, 0.4) is 0 Å². The maximum Gasteiger partial charge on any atom is -0.0266 e. The van der Waals surface area contributed by atoms with Crippen LogP contribution in [0.5, 0.6) is 0 Å². The van der Waals surface area contributed by atoms with Gasteiger partial charge < -0.3 is 0 Å². The van der Waals surface area contributed by atoms with Crippen molar-refractivity contribution in [3.8, 4) is 0 Å². The number of hydrogen-bond acceptors (Lipinski definition) is 0. The molecule has 3 saturated carbocycles. The topological polar surface area (TPSA) is 0 Å². The zero-order valence-corrected chi connectivity index (χ0v) is 6.77. The van der Waals surface area contributed by atoms with Crippen LogP contribution < -0.4 is 0 Å². The molecule has 0 aromatic heterocycles. The second-order valence-corrected chi connectivity index (χ2v) is 4.97. The van der Waals surface area contributed by atoms with Crippen LogP contribution in [0, 0.1) is 23.2 Å². The highest BCUT2D eigenvalue weighted by Crippen LogP contribution is 2.68. The van der Waals surface area contributed by atoms with E-state index in [2.05, 4.69) is 6.92 Å². The van der Waals surface area contributed by atoms with E-state index in [1.165, 1.54) is 18.3 Å². The molecule has 0 bridgehead atoms. The minimum Gasteiger partial charge on any atom is -0.0620 e. The monoisotopic (exact) mass is 136 g/mol. The van der Waals surface area contributed by atoms with Crippen molar-refractivity contribution in [2.45, 2.75) is 39.0 Å². The second kappa shape index (κ2) is 1.44. The average molecular weight is 136 g/mol. The van der Waals surface area contributed by atoms with Crippen LogP contribution in [-0.4, -0.2) is 0 Å². The Morgan fingerprint density at radius 1 is 1.20 bits per heavy atom. The van der Waals surface area contributed by atoms with Crippen LogP contribution in [0.4, 0.5) is 0 Å². The first kappa shape index (κ1) is 5.62. The fraction of sp³-hybridized carbons (Fsp3) is 1.00. The van der Waals surface area contributed by atoms with Crippen molar-refractivity contribution in [3.63, 3.8) is 0 Å². The molecule has 3 aliphatic rings. The van der Waals surface area contributed by atoms with E-state index in [4.69, 9.17) is 0 Å². The van der Waals surface area contributed by atoms with Crippen LogP contribution in [0.25, 0.3) is 0 Å². The van der Waals surface area contributed by atoms with Crippen LogP contribution in [0.2, 0.25) is 0 Å². The minimum atomic E-state index is 0.896. The van der Waals surface area contributed by atoms with Crippen molar-refractivity contribution in [2.24, 2.45) is 23.2 Å². The van der Waals surface area contributed by atoms with Gasteiger partial charge in [-0.15, -0.1) is 0 Å². The molecule has 0 aromatic carbocycles. The summed E-state index contributed by atoms with van der Waals surface area (Å²) in [5, 5.41) is 0. The SMILES string of the molecule is CC1CCC12CC1C[C@@H]1C2. The third-order valence-corrected chi connectivity index (χ3v) is 4.53. The molecule has 3 rings (SSSR count). The van der Waals surface area contributed by atoms with Gasteiger partial charge in [0.15, 0.2) is 0 Å². The molecule has 0 nitrogen and oxygen atoms in total. The molecule has 0 saturated heterocycles. The largest absolute Gasteiger partial charge is 0.0620 e. The van der Waals surface area contributed by atoms with Gasteiger partial charge in [-0.1, -0.05) is 6.92 Å². The van der Waals surface area contributed by atoms with E-state index in [-0.39, 0.29) is 0 Å². The van der Waals surface area contributed by atoms with E-state index in [1.807, 2.05) is 0 Å². The summed E-state index contributed by atoms with van der Waals surface area (Å²) in [6.07, 6.45) is 7.91. The normalized spacial score (nSPS) is 63.9. The molecule has 1 spiro atoms. The Morgan fingerprint density at radius 3 is 2.20 bits per heavy atom. The van der Waals surface area contributed by atoms with Crippen molar-refractivity contribution < 1.29 is 0 Å². The van der Waals surface area contributed by atoms with Gasteiger partial charge in [0.25, 0.3) is 0 Å². The molecule has 0 heterocycles. The smallest absolute Gasteiger partial charge is 0.0266 e. The predicted octanol–water partition coefficient (Wildman–Crippen LogP) is 2.83. The van der Waals surface area contributed by atoms with Crippen LogP contribution in [0.1, 0.15) is 39.0 Å². The predicted molar refractivity (Wildman–Crippen MR) is 41.7 cm³/mol. The van der Waals surface area contributed by atoms with Crippen LogP contribution in [0.15, 0.2) is 0 Å². The molecule has 0 radical (unpaired) electrons. The summed E-state index contributed by atoms with van der Waals surface area (Å²) in [7, 11) is 0. The van der Waals surface area contributed by atoms with Gasteiger partial charge in [0.2, 0.25) is 0 Å². The van der Waals surface area contributed by atoms with Gasteiger partial charge in [0.05, 0.1) is 0 Å². The molecule has 3 fully saturated rings. The van der Waals surface area contributed by atoms with E-state index in [1.54, 1.807) is 25.7 Å². The second-order valence-electron chi connectivity index (χ2n) is 4.97. The van der Waals surface area contributed by atoms with Gasteiger partial charge in [-0.2, -0.15) is 0 Å². The fourth-order valence-corrected chi connectivity index (χ4v) is 3.39. The molecule has 10 heavy (non-hydrogen) atoms. The lowest BCUT2D eigenvalue weighted by molar-refractivity contribution is 0.0375. The first-order valence-corrected chi connectivity index (χ1v) is 4.80. The van der Waals surface area contributed by atoms with E-state index < -0.39 is 0 Å². The van der Waals surface area contributed by atoms with Crippen molar-refractivity contribution in [1.82, 2.24) is 0 Å². The van der Waals surface area contributed by atoms with E-state index in [0.29, 0.717) is 0 Å². The zero-order chi connectivity index (χ0) is 6.77. The van der Waals surface area contributed by atoms with Crippen molar-refractivity contribution >= 4 is 0 Å². The van der Waals surface area contributed by atoms with E-state index in [9.17, 15) is 0 Å². The summed E-state index contributed by atoms with van der Waals surface area (Å²) in [6, 6.07) is 0. The molecular formula is C10H16. The highest BCUT2D eigenvalue weighted by molar-refractivity contribution is 5.08. The van der Waals surface area contributed by atoms with Gasteiger partial charge in [-0.25, -0.2) is 0 Å². The quantitative estimate of drug-likeness (QED) is 0.480. The Bertz CT molecular complexity index is 161. The molecule has 0 amide bonds. The minimum absolute atomic E-state index is 0.896. The third-order valence-electron chi connectivity index (χ3n) is 4.53. The lowest BCUT2D eigenvalue weighted by atomic mass is 9.58. The Hall–Kier alpha value is 0. The number of rotatable bonds is 0. The Morgan fingerprint density at radius 2 is 1.90 bits per heavy atom. The number of fused-ring (bicyclic) bond motifs is 1. The average Bonchev–Trinajstić information content (AvgIpc) is 2.56. The third kappa shape index (κ3) is 0.500. The summed E-state index contributed by atoms with van der Waals surface area (Å²) in [6.45, 7) is 2.47. The van der Waals surface area contributed by atoms with E-state index >= 15 is 0 Å². The summed E-state index contributed by atoms with van der Waals surface area (Å²) >= 11 is 0. The number of hydrogen-bond donors (Lipinski definition) is 0. The van der Waals surface area contributed by atoms with Crippen molar-refractivity contribution in [2.75, 3.05) is 0 Å². The molecule has 3 unspecified atom stereocenters. The first-order valence-electron chi connectivity index (χ1n) is 4.80. The first-order chi connectivity index (χ1) is 4.80. The lowest BCUT2D eigenvalue weighted by Crippen LogP contribution is -2.36. The van der Waals surface area contributed by atoms with Gasteiger partial charge in [0.1, 0.15) is 0 Å². The molecule has 0 aromatic rings. The van der Waals surface area contributed by atoms with Crippen molar-refractivity contribution in [1.29, 1.82) is 0 Å². The molecule has 3 aliphatic carbocycles. The molecule has 0 N–H and O–H groups in total. The van der Waals surface area contributed by atoms with Crippen molar-refractivity contribution in [3.05, 3.63) is 0 Å². The highest BCUT2D eigenvalue weighted by Gasteiger charge is 2.58. The molecule has 0 aliphatic heterocycles. The summed E-state index contributed by atoms with van der Waals surface area (Å²) in [5.74, 6) is 3.48. The lowest BCUT2D eigenvalue weighted by Gasteiger charge is -2.47. The summed E-state index contributed by atoms with van der Waals surface area (Å²) < 4.78 is 0. The van der Waals surface area contributed by atoms with E-state index in [0.717, 1.165) is 11.3 Å². The standard InChI is InChI=1S/C10H16/c1-7-2-3-10(7)5-8-4-9(8)6-10/h7-9H,2-6H2,1H3/t7?,8-,9?,10?/m1/s1. The van der Waals surface area contributed by atoms with Gasteiger partial charge >= 0.3 is 0 Å². The highest BCUT2D eigenvalue weighted by atomic mass is 14.6. The maximum atomic E-state index is 2.47. The fourth-order valence-electron chi connectivity index (χ4n) is 3.39. The zero-order valence-electron chi connectivity index (χ0n) is 6.77. The van der Waals surface area contributed by atoms with Gasteiger partial charge in [-0.05, 0) is 55.3 Å². The maximum absolute atomic E-state index is 2.47. The van der Waals surface area contributed by atoms with Gasteiger partial charge in [-0.3, -0.25) is 0 Å². The van der Waals surface area contributed by atoms with Gasteiger partial charge in [0, 0.05) is 0 Å². The summed E-state index contributed by atoms with van der Waals surface area (Å²) in [4.78, 5) is 0. The Balaban J connectivity index is 1.82. The molecule has 0 heteroatoms.